The number of unbranched alkanes of at least 4 members (excludes halogenated alkanes) is 1. The molecule has 7 nitrogen and oxygen atoms in total. The quantitative estimate of drug-likeness (QED) is 0.439. The fourth-order valence-electron chi connectivity index (χ4n) is 4.36. The van der Waals surface area contributed by atoms with Crippen molar-refractivity contribution in [2.75, 3.05) is 6.61 Å². The highest BCUT2D eigenvalue weighted by Crippen LogP contribution is 2.44. The van der Waals surface area contributed by atoms with E-state index >= 15 is 0 Å². The van der Waals surface area contributed by atoms with Gasteiger partial charge in [0.2, 0.25) is 5.91 Å². The van der Waals surface area contributed by atoms with Gasteiger partial charge in [0.15, 0.2) is 0 Å². The van der Waals surface area contributed by atoms with Crippen molar-refractivity contribution >= 4 is 18.0 Å². The zero-order chi connectivity index (χ0) is 24.7. The largest absolute Gasteiger partial charge is 0.481 e. The Balaban J connectivity index is 1.63. The fourth-order valence-corrected chi connectivity index (χ4v) is 4.36. The molecule has 0 bridgehead atoms. The molecule has 34 heavy (non-hydrogen) atoms. The van der Waals surface area contributed by atoms with Crippen LogP contribution < -0.4 is 10.6 Å². The van der Waals surface area contributed by atoms with Crippen LogP contribution in [0.25, 0.3) is 11.1 Å². The second kappa shape index (κ2) is 11.2. The molecule has 0 spiro atoms. The molecule has 0 aromatic heterocycles. The molecule has 0 radical (unpaired) electrons. The molecule has 0 aliphatic heterocycles. The Labute approximate surface area is 200 Å². The lowest BCUT2D eigenvalue weighted by molar-refractivity contribution is -0.138. The third-order valence-electron chi connectivity index (χ3n) is 6.22. The van der Waals surface area contributed by atoms with Gasteiger partial charge >= 0.3 is 12.1 Å². The Kier molecular flexibility index (Phi) is 8.31. The van der Waals surface area contributed by atoms with E-state index in [1.807, 2.05) is 31.2 Å². The zero-order valence-electron chi connectivity index (χ0n) is 20.1. The molecule has 0 saturated carbocycles. The number of benzene rings is 2. The molecule has 0 saturated heterocycles. The van der Waals surface area contributed by atoms with E-state index < -0.39 is 23.6 Å². The lowest BCUT2D eigenvalue weighted by atomic mass is 9.97. The molecule has 2 amide bonds. The second-order valence-electron chi connectivity index (χ2n) is 9.43. The summed E-state index contributed by atoms with van der Waals surface area (Å²) in [7, 11) is 0. The first-order chi connectivity index (χ1) is 16.2. The van der Waals surface area contributed by atoms with E-state index in [2.05, 4.69) is 34.9 Å². The summed E-state index contributed by atoms with van der Waals surface area (Å²) < 4.78 is 5.60. The maximum Gasteiger partial charge on any atom is 0.407 e. The molecule has 182 valence electrons. The summed E-state index contributed by atoms with van der Waals surface area (Å²) in [5.74, 6) is -1.31. The van der Waals surface area contributed by atoms with E-state index in [0.717, 1.165) is 35.1 Å². The third-order valence-corrected chi connectivity index (χ3v) is 6.22. The normalized spacial score (nSPS) is 13.5. The summed E-state index contributed by atoms with van der Waals surface area (Å²) in [5.41, 5.74) is 3.84. The Morgan fingerprint density at radius 3 is 2.18 bits per heavy atom. The molecular weight excluding hydrogens is 432 g/mol. The SMILES string of the molecule is CCCC[C@H](NC(=O)OCC1c2ccccc2-c2ccccc21)C(=O)NC(C)(C)CCC(=O)O. The van der Waals surface area contributed by atoms with Gasteiger partial charge in [-0.1, -0.05) is 68.3 Å². The van der Waals surface area contributed by atoms with Crippen molar-refractivity contribution in [1.82, 2.24) is 10.6 Å². The Hall–Kier alpha value is -3.35. The summed E-state index contributed by atoms with van der Waals surface area (Å²) in [6.45, 7) is 5.74. The Bertz CT molecular complexity index is 988. The number of nitrogens with one attached hydrogen (secondary N) is 2. The number of ether oxygens (including phenoxy) is 1. The number of carboxylic acids is 1. The fraction of sp³-hybridized carbons (Fsp3) is 0.444. The van der Waals surface area contributed by atoms with Crippen LogP contribution in [0.5, 0.6) is 0 Å². The third kappa shape index (κ3) is 6.37. The van der Waals surface area contributed by atoms with Crippen LogP contribution in [-0.2, 0) is 14.3 Å². The maximum atomic E-state index is 12.9. The molecule has 2 aromatic rings. The number of aliphatic carboxylic acids is 1. The van der Waals surface area contributed by atoms with Gasteiger partial charge in [0, 0.05) is 17.9 Å². The van der Waals surface area contributed by atoms with Gasteiger partial charge in [-0.2, -0.15) is 0 Å². The topological polar surface area (TPSA) is 105 Å². The number of hydrogen-bond donors (Lipinski definition) is 3. The second-order valence-corrected chi connectivity index (χ2v) is 9.43. The minimum absolute atomic E-state index is 0.0489. The Morgan fingerprint density at radius 1 is 1.03 bits per heavy atom. The molecule has 1 atom stereocenters. The van der Waals surface area contributed by atoms with E-state index in [0.29, 0.717) is 12.8 Å². The highest BCUT2D eigenvalue weighted by Gasteiger charge is 2.31. The average Bonchev–Trinajstić information content (AvgIpc) is 3.12. The Morgan fingerprint density at radius 2 is 1.62 bits per heavy atom. The first kappa shape index (κ1) is 25.3. The summed E-state index contributed by atoms with van der Waals surface area (Å²) in [6.07, 6.45) is 1.71. The molecule has 3 N–H and O–H groups in total. The molecular formula is C27H34N2O5. The van der Waals surface area contributed by atoms with Crippen LogP contribution in [0.3, 0.4) is 0 Å². The van der Waals surface area contributed by atoms with Gasteiger partial charge in [-0.25, -0.2) is 4.79 Å². The number of alkyl carbamates (subject to hydrolysis) is 1. The van der Waals surface area contributed by atoms with E-state index in [9.17, 15) is 14.4 Å². The van der Waals surface area contributed by atoms with Crippen molar-refractivity contribution < 1.29 is 24.2 Å². The van der Waals surface area contributed by atoms with Gasteiger partial charge in [0.1, 0.15) is 12.6 Å². The highest BCUT2D eigenvalue weighted by molar-refractivity contribution is 5.86. The van der Waals surface area contributed by atoms with Crippen LogP contribution in [-0.4, -0.2) is 41.3 Å². The summed E-state index contributed by atoms with van der Waals surface area (Å²) in [5, 5.41) is 14.5. The van der Waals surface area contributed by atoms with Crippen LogP contribution in [0.15, 0.2) is 48.5 Å². The van der Waals surface area contributed by atoms with Crippen molar-refractivity contribution in [3.05, 3.63) is 59.7 Å². The van der Waals surface area contributed by atoms with Gasteiger partial charge in [0.25, 0.3) is 0 Å². The van der Waals surface area contributed by atoms with Gasteiger partial charge < -0.3 is 20.5 Å². The predicted octanol–water partition coefficient (Wildman–Crippen LogP) is 4.84. The smallest absolute Gasteiger partial charge is 0.407 e. The number of carboxylic acid groups (broad SMARTS) is 1. The molecule has 1 aliphatic rings. The molecule has 3 rings (SSSR count). The van der Waals surface area contributed by atoms with Gasteiger partial charge in [-0.15, -0.1) is 0 Å². The lowest BCUT2D eigenvalue weighted by Gasteiger charge is -2.28. The van der Waals surface area contributed by atoms with E-state index in [4.69, 9.17) is 9.84 Å². The molecule has 0 heterocycles. The van der Waals surface area contributed by atoms with Crippen molar-refractivity contribution in [1.29, 1.82) is 0 Å². The summed E-state index contributed by atoms with van der Waals surface area (Å²) in [6, 6.07) is 15.5. The molecule has 0 fully saturated rings. The monoisotopic (exact) mass is 466 g/mol. The van der Waals surface area contributed by atoms with Crippen molar-refractivity contribution in [3.8, 4) is 11.1 Å². The van der Waals surface area contributed by atoms with E-state index in [1.165, 1.54) is 0 Å². The summed E-state index contributed by atoms with van der Waals surface area (Å²) >= 11 is 0. The highest BCUT2D eigenvalue weighted by atomic mass is 16.5. The van der Waals surface area contributed by atoms with Gasteiger partial charge in [-0.05, 0) is 48.9 Å². The van der Waals surface area contributed by atoms with Crippen LogP contribution in [0.1, 0.15) is 69.9 Å². The molecule has 7 heteroatoms. The van der Waals surface area contributed by atoms with Crippen LogP contribution in [0.4, 0.5) is 4.79 Å². The standard InChI is InChI=1S/C27H34N2O5/c1-4-5-14-23(25(32)29-27(2,3)16-15-24(30)31)28-26(33)34-17-22-20-12-8-6-10-18(20)19-11-7-9-13-21(19)22/h6-13,22-23H,4-5,14-17H2,1-3H3,(H,28,33)(H,29,32)(H,30,31)/t23-/m0/s1. The van der Waals surface area contributed by atoms with Crippen molar-refractivity contribution in [2.45, 2.75) is 70.4 Å². The van der Waals surface area contributed by atoms with Crippen LogP contribution in [0, 0.1) is 0 Å². The predicted molar refractivity (Wildman–Crippen MR) is 131 cm³/mol. The maximum absolute atomic E-state index is 12.9. The average molecular weight is 467 g/mol. The van der Waals surface area contributed by atoms with Crippen LogP contribution in [0.2, 0.25) is 0 Å². The number of rotatable bonds is 11. The summed E-state index contributed by atoms with van der Waals surface area (Å²) in [4.78, 5) is 36.5. The number of carbonyl (C=O) groups is 3. The van der Waals surface area contributed by atoms with Gasteiger partial charge in [-0.3, -0.25) is 9.59 Å². The van der Waals surface area contributed by atoms with Crippen molar-refractivity contribution in [3.63, 3.8) is 0 Å². The zero-order valence-corrected chi connectivity index (χ0v) is 20.1. The first-order valence-electron chi connectivity index (χ1n) is 11.9. The lowest BCUT2D eigenvalue weighted by Crippen LogP contribution is -2.53. The number of fused-ring (bicyclic) bond motifs is 3. The number of hydrogen-bond acceptors (Lipinski definition) is 4. The van der Waals surface area contributed by atoms with Gasteiger partial charge in [0.05, 0.1) is 0 Å². The van der Waals surface area contributed by atoms with E-state index in [-0.39, 0.29) is 24.9 Å². The minimum Gasteiger partial charge on any atom is -0.481 e. The molecule has 1 aliphatic carbocycles. The molecule has 2 aromatic carbocycles. The number of amides is 2. The first-order valence-corrected chi connectivity index (χ1v) is 11.9. The van der Waals surface area contributed by atoms with E-state index in [1.54, 1.807) is 13.8 Å². The number of carbonyl (C=O) groups excluding carboxylic acids is 2. The minimum atomic E-state index is -0.915. The van der Waals surface area contributed by atoms with Crippen molar-refractivity contribution in [2.24, 2.45) is 0 Å². The van der Waals surface area contributed by atoms with Crippen LogP contribution >= 0.6 is 0 Å². The molecule has 0 unspecified atom stereocenters.